The second-order valence-corrected chi connectivity index (χ2v) is 7.73. The van der Waals surface area contributed by atoms with Gasteiger partial charge in [-0.15, -0.1) is 0 Å². The number of benzene rings is 1. The molecule has 0 radical (unpaired) electrons. The Bertz CT molecular complexity index is 1010. The lowest BCUT2D eigenvalue weighted by Gasteiger charge is -2.44. The molecule has 8 heteroatoms. The van der Waals surface area contributed by atoms with Gasteiger partial charge >= 0.3 is 0 Å². The van der Waals surface area contributed by atoms with E-state index in [1.54, 1.807) is 6.20 Å². The summed E-state index contributed by atoms with van der Waals surface area (Å²) in [4.78, 5) is 21.4. The SMILES string of the molecule is Cc1cc(N2CCN(C3CC(=O)NNC3c3ccccc3)CC2)n2nccc2n1. The van der Waals surface area contributed by atoms with Gasteiger partial charge in [0.1, 0.15) is 5.82 Å². The van der Waals surface area contributed by atoms with Crippen molar-refractivity contribution in [2.75, 3.05) is 31.1 Å². The van der Waals surface area contributed by atoms with E-state index in [0.29, 0.717) is 6.42 Å². The second-order valence-electron chi connectivity index (χ2n) is 7.73. The lowest BCUT2D eigenvalue weighted by atomic mass is 9.93. The summed E-state index contributed by atoms with van der Waals surface area (Å²) in [6.07, 6.45) is 2.29. The molecule has 2 saturated heterocycles. The summed E-state index contributed by atoms with van der Waals surface area (Å²) < 4.78 is 1.91. The minimum absolute atomic E-state index is 0.0487. The van der Waals surface area contributed by atoms with Crippen LogP contribution in [-0.2, 0) is 4.79 Å². The molecule has 3 aromatic rings. The van der Waals surface area contributed by atoms with Crippen molar-refractivity contribution in [1.82, 2.24) is 30.3 Å². The van der Waals surface area contributed by atoms with Crippen LogP contribution >= 0.6 is 0 Å². The van der Waals surface area contributed by atoms with Gasteiger partial charge < -0.3 is 4.90 Å². The third-order valence-electron chi connectivity index (χ3n) is 5.88. The molecule has 29 heavy (non-hydrogen) atoms. The fraction of sp³-hybridized carbons (Fsp3) is 0.381. The average molecular weight is 391 g/mol. The Balaban J connectivity index is 1.35. The molecule has 2 unspecified atom stereocenters. The van der Waals surface area contributed by atoms with Gasteiger partial charge in [0.05, 0.1) is 12.2 Å². The van der Waals surface area contributed by atoms with Gasteiger partial charge in [-0.1, -0.05) is 30.3 Å². The summed E-state index contributed by atoms with van der Waals surface area (Å²) in [5, 5.41) is 4.44. The number of hydrogen-bond donors (Lipinski definition) is 2. The molecule has 1 amide bonds. The molecule has 0 spiro atoms. The molecule has 5 rings (SSSR count). The Kier molecular flexibility index (Phi) is 4.65. The smallest absolute Gasteiger partial charge is 0.235 e. The first kappa shape index (κ1) is 18.1. The fourth-order valence-electron chi connectivity index (χ4n) is 4.45. The molecule has 8 nitrogen and oxygen atoms in total. The summed E-state index contributed by atoms with van der Waals surface area (Å²) in [6.45, 7) is 5.58. The molecular weight excluding hydrogens is 366 g/mol. The Morgan fingerprint density at radius 3 is 2.66 bits per heavy atom. The first-order chi connectivity index (χ1) is 14.2. The Morgan fingerprint density at radius 1 is 1.07 bits per heavy atom. The Labute approximate surface area is 169 Å². The number of hydrogen-bond acceptors (Lipinski definition) is 6. The topological polar surface area (TPSA) is 77.8 Å². The van der Waals surface area contributed by atoms with Crippen LogP contribution in [0.15, 0.2) is 48.7 Å². The van der Waals surface area contributed by atoms with Crippen molar-refractivity contribution in [2.24, 2.45) is 0 Å². The zero-order valence-corrected chi connectivity index (χ0v) is 16.5. The van der Waals surface area contributed by atoms with Gasteiger partial charge in [-0.2, -0.15) is 9.61 Å². The van der Waals surface area contributed by atoms with Crippen LogP contribution in [0.1, 0.15) is 23.7 Å². The lowest BCUT2D eigenvalue weighted by molar-refractivity contribution is -0.126. The molecule has 4 heterocycles. The molecule has 0 saturated carbocycles. The van der Waals surface area contributed by atoms with Gasteiger partial charge in [0.15, 0.2) is 5.65 Å². The summed E-state index contributed by atoms with van der Waals surface area (Å²) in [5.74, 6) is 1.13. The molecule has 150 valence electrons. The van der Waals surface area contributed by atoms with Crippen LogP contribution in [0.5, 0.6) is 0 Å². The molecular formula is C21H25N7O. The fourth-order valence-corrected chi connectivity index (χ4v) is 4.45. The number of aromatic nitrogens is 3. The Hall–Kier alpha value is -2.97. The number of aryl methyl sites for hydroxylation is 1. The van der Waals surface area contributed by atoms with Gasteiger partial charge in [-0.3, -0.25) is 15.1 Å². The molecule has 0 aliphatic carbocycles. The Morgan fingerprint density at radius 2 is 1.86 bits per heavy atom. The largest absolute Gasteiger partial charge is 0.354 e. The minimum Gasteiger partial charge on any atom is -0.354 e. The second kappa shape index (κ2) is 7.46. The van der Waals surface area contributed by atoms with E-state index in [1.807, 2.05) is 35.7 Å². The number of amides is 1. The molecule has 2 aromatic heterocycles. The third kappa shape index (κ3) is 3.45. The molecule has 1 aromatic carbocycles. The first-order valence-corrected chi connectivity index (χ1v) is 10.1. The lowest BCUT2D eigenvalue weighted by Crippen LogP contribution is -2.60. The maximum Gasteiger partial charge on any atom is 0.235 e. The van der Waals surface area contributed by atoms with Crippen LogP contribution in [0.2, 0.25) is 0 Å². The number of anilines is 1. The quantitative estimate of drug-likeness (QED) is 0.701. The van der Waals surface area contributed by atoms with Crippen LogP contribution in [0.25, 0.3) is 5.65 Å². The van der Waals surface area contributed by atoms with Crippen molar-refractivity contribution in [3.63, 3.8) is 0 Å². The van der Waals surface area contributed by atoms with Crippen molar-refractivity contribution < 1.29 is 4.79 Å². The predicted octanol–water partition coefficient (Wildman–Crippen LogP) is 1.29. The van der Waals surface area contributed by atoms with Crippen molar-refractivity contribution in [3.05, 3.63) is 59.9 Å². The number of fused-ring (bicyclic) bond motifs is 1. The van der Waals surface area contributed by atoms with Gasteiger partial charge in [-0.25, -0.2) is 10.4 Å². The number of hydrazine groups is 1. The van der Waals surface area contributed by atoms with Crippen molar-refractivity contribution >= 4 is 17.4 Å². The predicted molar refractivity (Wildman–Crippen MR) is 110 cm³/mol. The summed E-state index contributed by atoms with van der Waals surface area (Å²) in [5.41, 5.74) is 9.10. The summed E-state index contributed by atoms with van der Waals surface area (Å²) in [7, 11) is 0. The highest BCUT2D eigenvalue weighted by molar-refractivity contribution is 5.77. The van der Waals surface area contributed by atoms with E-state index < -0.39 is 0 Å². The maximum atomic E-state index is 12.1. The maximum absolute atomic E-state index is 12.1. The normalized spacial score (nSPS) is 23.3. The average Bonchev–Trinajstić information content (AvgIpc) is 3.22. The summed E-state index contributed by atoms with van der Waals surface area (Å²) in [6, 6.07) is 14.6. The number of nitrogens with zero attached hydrogens (tertiary/aromatic N) is 5. The minimum atomic E-state index is 0.0487. The number of rotatable bonds is 3. The van der Waals surface area contributed by atoms with Crippen LogP contribution in [-0.4, -0.2) is 57.6 Å². The van der Waals surface area contributed by atoms with E-state index in [1.165, 1.54) is 5.56 Å². The number of carbonyl (C=O) groups is 1. The van der Waals surface area contributed by atoms with Crippen molar-refractivity contribution in [1.29, 1.82) is 0 Å². The zero-order valence-electron chi connectivity index (χ0n) is 16.5. The molecule has 2 atom stereocenters. The molecule has 2 fully saturated rings. The molecule has 2 aliphatic heterocycles. The van der Waals surface area contributed by atoms with Gasteiger partial charge in [0.25, 0.3) is 0 Å². The van der Waals surface area contributed by atoms with E-state index >= 15 is 0 Å². The molecule has 2 aliphatic rings. The van der Waals surface area contributed by atoms with Gasteiger partial charge in [-0.05, 0) is 12.5 Å². The number of piperazine rings is 1. The van der Waals surface area contributed by atoms with Crippen LogP contribution in [0, 0.1) is 6.92 Å². The van der Waals surface area contributed by atoms with E-state index in [9.17, 15) is 4.79 Å². The molecule has 2 N–H and O–H groups in total. The summed E-state index contributed by atoms with van der Waals surface area (Å²) >= 11 is 0. The highest BCUT2D eigenvalue weighted by Gasteiger charge is 2.36. The van der Waals surface area contributed by atoms with Gasteiger partial charge in [0.2, 0.25) is 5.91 Å². The van der Waals surface area contributed by atoms with Gasteiger partial charge in [0, 0.05) is 56.5 Å². The van der Waals surface area contributed by atoms with E-state index in [-0.39, 0.29) is 18.0 Å². The van der Waals surface area contributed by atoms with E-state index in [4.69, 9.17) is 0 Å². The number of carbonyl (C=O) groups excluding carboxylic acids is 1. The monoisotopic (exact) mass is 391 g/mol. The standard InChI is InChI=1S/C21H25N7O/c1-15-13-20(28-18(23-15)7-8-22-28)27-11-9-26(10-12-27)17-14-19(29)24-25-21(17)16-5-3-2-4-6-16/h2-8,13,17,21,25H,9-12,14H2,1H3,(H,24,29). The van der Waals surface area contributed by atoms with Crippen LogP contribution in [0.4, 0.5) is 5.82 Å². The van der Waals surface area contributed by atoms with E-state index in [2.05, 4.69) is 48.9 Å². The first-order valence-electron chi connectivity index (χ1n) is 10.1. The van der Waals surface area contributed by atoms with Crippen molar-refractivity contribution in [2.45, 2.75) is 25.4 Å². The van der Waals surface area contributed by atoms with Crippen molar-refractivity contribution in [3.8, 4) is 0 Å². The highest BCUT2D eigenvalue weighted by Crippen LogP contribution is 2.27. The number of nitrogens with one attached hydrogen (secondary N) is 2. The van der Waals surface area contributed by atoms with E-state index in [0.717, 1.165) is 43.3 Å². The third-order valence-corrected chi connectivity index (χ3v) is 5.88. The zero-order chi connectivity index (χ0) is 19.8. The van der Waals surface area contributed by atoms with Crippen LogP contribution < -0.4 is 15.8 Å². The molecule has 0 bridgehead atoms. The van der Waals surface area contributed by atoms with Crippen LogP contribution in [0.3, 0.4) is 0 Å². The highest BCUT2D eigenvalue weighted by atomic mass is 16.2.